The number of aromatic nitrogens is 1. The zero-order valence-electron chi connectivity index (χ0n) is 10.8. The summed E-state index contributed by atoms with van der Waals surface area (Å²) < 4.78 is 20.2. The summed E-state index contributed by atoms with van der Waals surface area (Å²) in [6.45, 7) is 0.485. The van der Waals surface area contributed by atoms with Gasteiger partial charge in [-0.2, -0.15) is 0 Å². The molecule has 2 N–H and O–H groups in total. The van der Waals surface area contributed by atoms with Gasteiger partial charge in [0.15, 0.2) is 0 Å². The molecule has 0 radical (unpaired) electrons. The molecule has 0 saturated heterocycles. The maximum atomic E-state index is 13.3. The van der Waals surface area contributed by atoms with Gasteiger partial charge in [0.1, 0.15) is 24.0 Å². The second-order valence-electron chi connectivity index (χ2n) is 4.50. The number of rotatable bonds is 1. The van der Waals surface area contributed by atoms with E-state index in [1.165, 1.54) is 28.8 Å². The molecule has 0 spiro atoms. The van der Waals surface area contributed by atoms with Crippen LogP contribution >= 0.6 is 11.6 Å². The molecule has 2 aromatic rings. The third kappa shape index (κ3) is 2.38. The molecule has 7 heteroatoms. The minimum absolute atomic E-state index is 0.193. The van der Waals surface area contributed by atoms with Crippen molar-refractivity contribution in [1.82, 2.24) is 4.57 Å². The highest BCUT2D eigenvalue weighted by atomic mass is 35.5. The highest BCUT2D eigenvalue weighted by molar-refractivity contribution is 6.33. The zero-order valence-corrected chi connectivity index (χ0v) is 11.6. The van der Waals surface area contributed by atoms with Crippen LogP contribution in [-0.4, -0.2) is 17.4 Å². The summed E-state index contributed by atoms with van der Waals surface area (Å²) in [6, 6.07) is 5.33. The Morgan fingerprint density at radius 2 is 2.24 bits per heavy atom. The van der Waals surface area contributed by atoms with Crippen LogP contribution in [0.15, 0.2) is 29.1 Å². The third-order valence-corrected chi connectivity index (χ3v) is 3.52. The lowest BCUT2D eigenvalue weighted by atomic mass is 10.2. The van der Waals surface area contributed by atoms with Crippen LogP contribution in [0.1, 0.15) is 5.56 Å². The SMILES string of the molecule is N=Cc1c(Cl)cc(=O)n2c1Nc1ccc(F)cc1OCC2. The van der Waals surface area contributed by atoms with Gasteiger partial charge in [0.2, 0.25) is 0 Å². The van der Waals surface area contributed by atoms with Gasteiger partial charge in [0.25, 0.3) is 5.56 Å². The van der Waals surface area contributed by atoms with Crippen LogP contribution < -0.4 is 15.6 Å². The Labute approximate surface area is 124 Å². The minimum Gasteiger partial charge on any atom is -0.489 e. The van der Waals surface area contributed by atoms with Crippen LogP contribution in [0.5, 0.6) is 5.75 Å². The van der Waals surface area contributed by atoms with Crippen molar-refractivity contribution in [3.8, 4) is 5.75 Å². The molecule has 1 aliphatic heterocycles. The van der Waals surface area contributed by atoms with Crippen molar-refractivity contribution >= 4 is 29.3 Å². The average Bonchev–Trinajstić information content (AvgIpc) is 2.42. The zero-order chi connectivity index (χ0) is 15.0. The fourth-order valence-electron chi connectivity index (χ4n) is 2.22. The van der Waals surface area contributed by atoms with Crippen LogP contribution in [0.3, 0.4) is 0 Å². The van der Waals surface area contributed by atoms with Gasteiger partial charge in [-0.05, 0) is 12.1 Å². The molecule has 0 fully saturated rings. The number of hydrogen-bond acceptors (Lipinski definition) is 4. The molecule has 0 bridgehead atoms. The number of pyridine rings is 1. The maximum Gasteiger partial charge on any atom is 0.253 e. The topological polar surface area (TPSA) is 67.1 Å². The molecule has 3 rings (SSSR count). The molecule has 1 aromatic carbocycles. The smallest absolute Gasteiger partial charge is 0.253 e. The first-order valence-corrected chi connectivity index (χ1v) is 6.61. The minimum atomic E-state index is -0.410. The van der Waals surface area contributed by atoms with Gasteiger partial charge in [-0.1, -0.05) is 11.6 Å². The Balaban J connectivity index is 2.22. The largest absolute Gasteiger partial charge is 0.489 e. The van der Waals surface area contributed by atoms with Crippen LogP contribution in [-0.2, 0) is 6.54 Å². The Bertz CT molecular complexity index is 789. The molecule has 108 valence electrons. The van der Waals surface area contributed by atoms with E-state index in [1.807, 2.05) is 0 Å². The monoisotopic (exact) mass is 307 g/mol. The van der Waals surface area contributed by atoms with E-state index in [4.69, 9.17) is 21.7 Å². The molecule has 0 saturated carbocycles. The van der Waals surface area contributed by atoms with Gasteiger partial charge >= 0.3 is 0 Å². The molecule has 0 aliphatic carbocycles. The molecule has 0 atom stereocenters. The third-order valence-electron chi connectivity index (χ3n) is 3.21. The van der Waals surface area contributed by atoms with Gasteiger partial charge in [0, 0.05) is 18.3 Å². The quantitative estimate of drug-likeness (QED) is 0.796. The molecular formula is C14H11ClFN3O2. The normalized spacial score (nSPS) is 13.0. The van der Waals surface area contributed by atoms with Gasteiger partial charge in [-0.3, -0.25) is 9.36 Å². The summed E-state index contributed by atoms with van der Waals surface area (Å²) in [5.41, 5.74) is 0.616. The first-order valence-electron chi connectivity index (χ1n) is 6.23. The number of anilines is 2. The van der Waals surface area contributed by atoms with Crippen molar-refractivity contribution in [1.29, 1.82) is 5.41 Å². The van der Waals surface area contributed by atoms with Gasteiger partial charge in [0.05, 0.1) is 22.8 Å². The standard InChI is InChI=1S/C14H11ClFN3O2/c15-10-6-13(20)19-3-4-21-12-5-8(16)1-2-11(12)18-14(19)9(10)7-17/h1-2,5-7,17-18H,3-4H2. The fourth-order valence-corrected chi connectivity index (χ4v) is 2.46. The number of nitrogens with one attached hydrogen (secondary N) is 2. The second kappa shape index (κ2) is 5.21. The second-order valence-corrected chi connectivity index (χ2v) is 4.91. The number of halogens is 2. The molecule has 2 heterocycles. The van der Waals surface area contributed by atoms with E-state index in [-0.39, 0.29) is 23.7 Å². The van der Waals surface area contributed by atoms with Crippen molar-refractivity contribution in [3.05, 3.63) is 51.0 Å². The first kappa shape index (κ1) is 13.6. The molecular weight excluding hydrogens is 297 g/mol. The van der Waals surface area contributed by atoms with Crippen molar-refractivity contribution in [2.75, 3.05) is 11.9 Å². The van der Waals surface area contributed by atoms with E-state index in [9.17, 15) is 9.18 Å². The summed E-state index contributed by atoms with van der Waals surface area (Å²) in [7, 11) is 0. The first-order chi connectivity index (χ1) is 10.1. The van der Waals surface area contributed by atoms with Crippen molar-refractivity contribution in [2.24, 2.45) is 0 Å². The van der Waals surface area contributed by atoms with Crippen molar-refractivity contribution < 1.29 is 9.13 Å². The summed E-state index contributed by atoms with van der Waals surface area (Å²) in [5.74, 6) is 0.343. The molecule has 21 heavy (non-hydrogen) atoms. The van der Waals surface area contributed by atoms with E-state index in [0.717, 1.165) is 6.21 Å². The predicted octanol–water partition coefficient (Wildman–Crippen LogP) is 2.77. The molecule has 1 aromatic heterocycles. The predicted molar refractivity (Wildman–Crippen MR) is 78.8 cm³/mol. The highest BCUT2D eigenvalue weighted by Crippen LogP contribution is 2.32. The Hall–Kier alpha value is -2.34. The van der Waals surface area contributed by atoms with Crippen LogP contribution in [0.25, 0.3) is 0 Å². The Kier molecular flexibility index (Phi) is 3.39. The van der Waals surface area contributed by atoms with Crippen LogP contribution in [0.4, 0.5) is 15.9 Å². The number of nitrogens with zero attached hydrogens (tertiary/aromatic N) is 1. The van der Waals surface area contributed by atoms with E-state index in [0.29, 0.717) is 22.8 Å². The van der Waals surface area contributed by atoms with E-state index in [1.54, 1.807) is 0 Å². The van der Waals surface area contributed by atoms with Crippen LogP contribution in [0.2, 0.25) is 5.02 Å². The number of benzene rings is 1. The fraction of sp³-hybridized carbons (Fsp3) is 0.143. The maximum absolute atomic E-state index is 13.3. The summed E-state index contributed by atoms with van der Waals surface area (Å²) in [6.07, 6.45) is 1.08. The van der Waals surface area contributed by atoms with E-state index >= 15 is 0 Å². The highest BCUT2D eigenvalue weighted by Gasteiger charge is 2.18. The lowest BCUT2D eigenvalue weighted by Gasteiger charge is -2.22. The van der Waals surface area contributed by atoms with Crippen LogP contribution in [0, 0.1) is 11.2 Å². The lowest BCUT2D eigenvalue weighted by molar-refractivity contribution is 0.295. The number of ether oxygens (including phenoxy) is 1. The van der Waals surface area contributed by atoms with Gasteiger partial charge < -0.3 is 15.5 Å². The van der Waals surface area contributed by atoms with E-state index < -0.39 is 5.82 Å². The Morgan fingerprint density at radius 1 is 1.43 bits per heavy atom. The van der Waals surface area contributed by atoms with Gasteiger partial charge in [-0.25, -0.2) is 4.39 Å². The summed E-state index contributed by atoms with van der Waals surface area (Å²) in [4.78, 5) is 12.0. The summed E-state index contributed by atoms with van der Waals surface area (Å²) in [5, 5.41) is 10.7. The number of fused-ring (bicyclic) bond motifs is 2. The summed E-state index contributed by atoms with van der Waals surface area (Å²) >= 11 is 6.02. The molecule has 0 amide bonds. The molecule has 5 nitrogen and oxygen atoms in total. The van der Waals surface area contributed by atoms with Crippen molar-refractivity contribution in [2.45, 2.75) is 6.54 Å². The average molecular weight is 308 g/mol. The number of hydrogen-bond donors (Lipinski definition) is 2. The van der Waals surface area contributed by atoms with Gasteiger partial charge in [-0.15, -0.1) is 0 Å². The van der Waals surface area contributed by atoms with Crippen molar-refractivity contribution in [3.63, 3.8) is 0 Å². The lowest BCUT2D eigenvalue weighted by Crippen LogP contribution is -2.27. The van der Waals surface area contributed by atoms with E-state index in [2.05, 4.69) is 5.32 Å². The molecule has 0 unspecified atom stereocenters. The molecule has 1 aliphatic rings. The Morgan fingerprint density at radius 3 is 3.00 bits per heavy atom.